The Labute approximate surface area is 86.6 Å². The molecule has 1 nitrogen and oxygen atoms in total. The lowest BCUT2D eigenvalue weighted by Crippen LogP contribution is -2.33. The summed E-state index contributed by atoms with van der Waals surface area (Å²) < 4.78 is 0. The van der Waals surface area contributed by atoms with E-state index in [2.05, 4.69) is 27.4 Å². The Morgan fingerprint density at radius 1 is 1.50 bits per heavy atom. The Kier molecular flexibility index (Phi) is 1.93. The molecule has 0 aliphatic heterocycles. The molecule has 2 fully saturated rings. The second-order valence-electron chi connectivity index (χ2n) is 5.69. The first-order valence-electron chi connectivity index (χ1n) is 5.60. The minimum atomic E-state index is -0.0503. The van der Waals surface area contributed by atoms with E-state index in [0.29, 0.717) is 11.7 Å². The minimum absolute atomic E-state index is 0.0503. The first kappa shape index (κ1) is 9.95. The molecule has 14 heavy (non-hydrogen) atoms. The van der Waals surface area contributed by atoms with Gasteiger partial charge in [0, 0.05) is 11.3 Å². The number of carbonyl (C=O) groups is 1. The zero-order valence-electron chi connectivity index (χ0n) is 9.47. The predicted molar refractivity (Wildman–Crippen MR) is 57.9 cm³/mol. The highest BCUT2D eigenvalue weighted by Gasteiger charge is 2.65. The van der Waals surface area contributed by atoms with E-state index in [9.17, 15) is 4.79 Å². The number of fused-ring (bicyclic) bond motifs is 2. The van der Waals surface area contributed by atoms with Crippen LogP contribution in [0.15, 0.2) is 12.7 Å². The summed E-state index contributed by atoms with van der Waals surface area (Å²) in [7, 11) is 0. The van der Waals surface area contributed by atoms with Crippen LogP contribution in [-0.4, -0.2) is 5.78 Å². The Morgan fingerprint density at radius 2 is 2.14 bits per heavy atom. The molecule has 2 aliphatic rings. The Morgan fingerprint density at radius 3 is 2.57 bits per heavy atom. The summed E-state index contributed by atoms with van der Waals surface area (Å²) in [6.45, 7) is 10.5. The molecule has 0 aromatic rings. The third-order valence-corrected chi connectivity index (χ3v) is 5.09. The fourth-order valence-electron chi connectivity index (χ4n) is 3.72. The summed E-state index contributed by atoms with van der Waals surface area (Å²) in [5.74, 6) is 1.36. The third-order valence-electron chi connectivity index (χ3n) is 5.09. The quantitative estimate of drug-likeness (QED) is 0.614. The fraction of sp³-hybridized carbons (Fsp3) is 0.769. The standard InChI is InChI=1S/C13H20O/c1-5-6-9-10-7-8-13(4,11(9)14)12(10,2)3/h5,9-10H,1,6-8H2,2-4H3. The van der Waals surface area contributed by atoms with E-state index in [0.717, 1.165) is 12.8 Å². The van der Waals surface area contributed by atoms with Gasteiger partial charge in [-0.05, 0) is 30.6 Å². The van der Waals surface area contributed by atoms with Crippen molar-refractivity contribution in [1.29, 1.82) is 0 Å². The molecule has 0 spiro atoms. The smallest absolute Gasteiger partial charge is 0.142 e. The highest BCUT2D eigenvalue weighted by Crippen LogP contribution is 2.66. The fourth-order valence-corrected chi connectivity index (χ4v) is 3.72. The lowest BCUT2D eigenvalue weighted by atomic mass is 9.70. The van der Waals surface area contributed by atoms with Gasteiger partial charge in [0.05, 0.1) is 0 Å². The Bertz CT molecular complexity index is 290. The zero-order valence-corrected chi connectivity index (χ0v) is 9.47. The zero-order chi connectivity index (χ0) is 10.6. The van der Waals surface area contributed by atoms with Crippen molar-refractivity contribution in [1.82, 2.24) is 0 Å². The van der Waals surface area contributed by atoms with Gasteiger partial charge in [0.2, 0.25) is 0 Å². The minimum Gasteiger partial charge on any atom is -0.299 e. The molecule has 2 bridgehead atoms. The summed E-state index contributed by atoms with van der Waals surface area (Å²) in [6.07, 6.45) is 5.11. The number of Topliss-reactive ketones (excluding diaryl/α,β-unsaturated/α-hetero) is 1. The molecule has 3 atom stereocenters. The average Bonchev–Trinajstić information content (AvgIpc) is 2.41. The SMILES string of the molecule is C=CCC1C(=O)C2(C)CCC1C2(C)C. The van der Waals surface area contributed by atoms with Crippen molar-refractivity contribution in [3.8, 4) is 0 Å². The molecule has 1 heteroatoms. The van der Waals surface area contributed by atoms with Gasteiger partial charge in [0.1, 0.15) is 5.78 Å². The lowest BCUT2D eigenvalue weighted by Gasteiger charge is -2.32. The Balaban J connectivity index is 2.38. The molecule has 2 aliphatic carbocycles. The average molecular weight is 192 g/mol. The van der Waals surface area contributed by atoms with Gasteiger partial charge in [-0.3, -0.25) is 4.79 Å². The number of hydrogen-bond donors (Lipinski definition) is 0. The summed E-state index contributed by atoms with van der Waals surface area (Å²) in [5, 5.41) is 0. The van der Waals surface area contributed by atoms with Crippen LogP contribution in [0.1, 0.15) is 40.0 Å². The van der Waals surface area contributed by atoms with E-state index in [4.69, 9.17) is 0 Å². The summed E-state index contributed by atoms with van der Waals surface area (Å²) in [5.41, 5.74) is 0.156. The van der Waals surface area contributed by atoms with E-state index < -0.39 is 0 Å². The summed E-state index contributed by atoms with van der Waals surface area (Å²) in [6, 6.07) is 0. The van der Waals surface area contributed by atoms with Gasteiger partial charge in [0.25, 0.3) is 0 Å². The van der Waals surface area contributed by atoms with Crippen LogP contribution in [0.3, 0.4) is 0 Å². The van der Waals surface area contributed by atoms with Crippen LogP contribution < -0.4 is 0 Å². The van der Waals surface area contributed by atoms with Crippen molar-refractivity contribution < 1.29 is 4.79 Å². The molecular weight excluding hydrogens is 172 g/mol. The highest BCUT2D eigenvalue weighted by atomic mass is 16.1. The van der Waals surface area contributed by atoms with Gasteiger partial charge in [0.15, 0.2) is 0 Å². The van der Waals surface area contributed by atoms with E-state index in [1.807, 2.05) is 6.08 Å². The van der Waals surface area contributed by atoms with Crippen LogP contribution in [-0.2, 0) is 4.79 Å². The number of rotatable bonds is 2. The van der Waals surface area contributed by atoms with Gasteiger partial charge >= 0.3 is 0 Å². The number of hydrogen-bond acceptors (Lipinski definition) is 1. The van der Waals surface area contributed by atoms with Gasteiger partial charge < -0.3 is 0 Å². The number of carbonyl (C=O) groups excluding carboxylic acids is 1. The second kappa shape index (κ2) is 2.71. The molecular formula is C13H20O. The van der Waals surface area contributed by atoms with Crippen molar-refractivity contribution in [3.05, 3.63) is 12.7 Å². The maximum atomic E-state index is 12.2. The van der Waals surface area contributed by atoms with Crippen LogP contribution in [0.4, 0.5) is 0 Å². The first-order chi connectivity index (χ1) is 6.45. The van der Waals surface area contributed by atoms with Crippen molar-refractivity contribution in [2.75, 3.05) is 0 Å². The molecule has 2 saturated carbocycles. The molecule has 0 radical (unpaired) electrons. The first-order valence-corrected chi connectivity index (χ1v) is 5.60. The molecule has 0 N–H and O–H groups in total. The number of ketones is 1. The lowest BCUT2D eigenvalue weighted by molar-refractivity contribution is -0.131. The monoisotopic (exact) mass is 192 g/mol. The van der Waals surface area contributed by atoms with Gasteiger partial charge in [-0.25, -0.2) is 0 Å². The van der Waals surface area contributed by atoms with Crippen LogP contribution in [0.5, 0.6) is 0 Å². The van der Waals surface area contributed by atoms with Gasteiger partial charge in [-0.15, -0.1) is 6.58 Å². The third kappa shape index (κ3) is 0.884. The van der Waals surface area contributed by atoms with Gasteiger partial charge in [-0.2, -0.15) is 0 Å². The second-order valence-corrected chi connectivity index (χ2v) is 5.69. The van der Waals surface area contributed by atoms with Crippen molar-refractivity contribution in [2.24, 2.45) is 22.7 Å². The van der Waals surface area contributed by atoms with E-state index in [1.165, 1.54) is 6.42 Å². The molecule has 2 rings (SSSR count). The maximum Gasteiger partial charge on any atom is 0.142 e. The molecule has 78 valence electrons. The van der Waals surface area contributed by atoms with Crippen molar-refractivity contribution >= 4 is 5.78 Å². The summed E-state index contributed by atoms with van der Waals surface area (Å²) >= 11 is 0. The molecule has 0 amide bonds. The maximum absolute atomic E-state index is 12.2. The van der Waals surface area contributed by atoms with Gasteiger partial charge in [-0.1, -0.05) is 26.8 Å². The van der Waals surface area contributed by atoms with E-state index >= 15 is 0 Å². The molecule has 0 aromatic carbocycles. The molecule has 3 unspecified atom stereocenters. The Hall–Kier alpha value is -0.590. The normalized spacial score (nSPS) is 44.4. The van der Waals surface area contributed by atoms with Crippen molar-refractivity contribution in [3.63, 3.8) is 0 Å². The van der Waals surface area contributed by atoms with Crippen LogP contribution in [0.25, 0.3) is 0 Å². The molecule has 0 saturated heterocycles. The molecule has 0 aromatic heterocycles. The molecule has 0 heterocycles. The largest absolute Gasteiger partial charge is 0.299 e. The van der Waals surface area contributed by atoms with Crippen LogP contribution in [0, 0.1) is 22.7 Å². The van der Waals surface area contributed by atoms with Crippen LogP contribution >= 0.6 is 0 Å². The topological polar surface area (TPSA) is 17.1 Å². The number of allylic oxidation sites excluding steroid dienone is 1. The van der Waals surface area contributed by atoms with Crippen molar-refractivity contribution in [2.45, 2.75) is 40.0 Å². The van der Waals surface area contributed by atoms with E-state index in [-0.39, 0.29) is 16.7 Å². The predicted octanol–water partition coefficient (Wildman–Crippen LogP) is 3.20. The van der Waals surface area contributed by atoms with Crippen LogP contribution in [0.2, 0.25) is 0 Å². The highest BCUT2D eigenvalue weighted by molar-refractivity contribution is 5.91. The summed E-state index contributed by atoms with van der Waals surface area (Å²) in [4.78, 5) is 12.2. The van der Waals surface area contributed by atoms with E-state index in [1.54, 1.807) is 0 Å².